The molecule has 4 heteroatoms. The molecule has 0 unspecified atom stereocenters. The molecule has 0 spiro atoms. The molecule has 1 saturated carbocycles. The molecule has 28 heavy (non-hydrogen) atoms. The first-order valence-electron chi connectivity index (χ1n) is 9.14. The third-order valence-corrected chi connectivity index (χ3v) is 4.67. The predicted octanol–water partition coefficient (Wildman–Crippen LogP) is 3.38. The number of carbonyl (C=O) groups is 2. The van der Waals surface area contributed by atoms with Gasteiger partial charge in [-0.05, 0) is 49.1 Å². The summed E-state index contributed by atoms with van der Waals surface area (Å²) in [5.74, 6) is 11.9. The van der Waals surface area contributed by atoms with E-state index in [9.17, 15) is 9.59 Å². The minimum Gasteiger partial charge on any atom is -0.465 e. The molecule has 0 saturated heterocycles. The lowest BCUT2D eigenvalue weighted by molar-refractivity contribution is -0.154. The molecule has 2 aromatic carbocycles. The van der Waals surface area contributed by atoms with Gasteiger partial charge >= 0.3 is 5.97 Å². The van der Waals surface area contributed by atoms with E-state index in [2.05, 4.69) is 23.7 Å². The summed E-state index contributed by atoms with van der Waals surface area (Å²) >= 11 is 0. The number of Topliss-reactive ketones (excluding diaryl/α,β-unsaturated/α-hetero) is 1. The van der Waals surface area contributed by atoms with Gasteiger partial charge in [-0.3, -0.25) is 4.79 Å². The number of rotatable bonds is 1. The van der Waals surface area contributed by atoms with Crippen molar-refractivity contribution in [3.8, 4) is 29.4 Å². The molecular formula is C24H18O4. The molecule has 0 radical (unpaired) electrons. The Balaban J connectivity index is 1.73. The van der Waals surface area contributed by atoms with Crippen LogP contribution in [0.15, 0.2) is 48.5 Å². The van der Waals surface area contributed by atoms with Gasteiger partial charge in [-0.25, -0.2) is 4.79 Å². The molecular weight excluding hydrogens is 352 g/mol. The monoisotopic (exact) mass is 370 g/mol. The summed E-state index contributed by atoms with van der Waals surface area (Å²) in [6, 6.07) is 14.4. The number of fused-ring (bicyclic) bond motifs is 1. The van der Waals surface area contributed by atoms with Crippen LogP contribution in [0.5, 0.6) is 5.75 Å². The SMILES string of the molecule is COC(=O)[C@]1(C#Cc2ccccc2)CC(=O)c2ccc(C#CC3CC3)cc2O1. The fraction of sp³-hybridized carbons (Fsp3) is 0.250. The summed E-state index contributed by atoms with van der Waals surface area (Å²) in [5.41, 5.74) is 0.224. The zero-order valence-electron chi connectivity index (χ0n) is 15.5. The molecule has 138 valence electrons. The Labute approximate surface area is 163 Å². The van der Waals surface area contributed by atoms with Crippen LogP contribution < -0.4 is 4.74 Å². The number of benzene rings is 2. The Hall–Kier alpha value is -3.50. The number of carbonyl (C=O) groups excluding carboxylic acids is 2. The fourth-order valence-electron chi connectivity index (χ4n) is 2.97. The summed E-state index contributed by atoms with van der Waals surface area (Å²) in [5, 5.41) is 0. The van der Waals surface area contributed by atoms with E-state index in [-0.39, 0.29) is 12.2 Å². The van der Waals surface area contributed by atoms with Crippen molar-refractivity contribution in [2.24, 2.45) is 5.92 Å². The number of methoxy groups -OCH3 is 1. The molecule has 2 aliphatic rings. The molecule has 1 fully saturated rings. The molecule has 2 aromatic rings. The van der Waals surface area contributed by atoms with Crippen molar-refractivity contribution in [3.05, 3.63) is 65.2 Å². The summed E-state index contributed by atoms with van der Waals surface area (Å²) in [7, 11) is 1.26. The second kappa shape index (κ2) is 7.25. The van der Waals surface area contributed by atoms with E-state index in [0.717, 1.165) is 24.0 Å². The van der Waals surface area contributed by atoms with Crippen LogP contribution >= 0.6 is 0 Å². The highest BCUT2D eigenvalue weighted by molar-refractivity contribution is 6.05. The highest BCUT2D eigenvalue weighted by atomic mass is 16.6. The molecule has 1 atom stereocenters. The minimum absolute atomic E-state index is 0.195. The lowest BCUT2D eigenvalue weighted by Crippen LogP contribution is -2.48. The highest BCUT2D eigenvalue weighted by Crippen LogP contribution is 2.35. The predicted molar refractivity (Wildman–Crippen MR) is 104 cm³/mol. The van der Waals surface area contributed by atoms with Crippen molar-refractivity contribution >= 4 is 11.8 Å². The van der Waals surface area contributed by atoms with Crippen LogP contribution in [0.4, 0.5) is 0 Å². The van der Waals surface area contributed by atoms with Crippen molar-refractivity contribution in [2.45, 2.75) is 24.9 Å². The smallest absolute Gasteiger partial charge is 0.363 e. The first-order valence-corrected chi connectivity index (χ1v) is 9.14. The maximum Gasteiger partial charge on any atom is 0.363 e. The standard InChI is InChI=1S/C24H18O4/c1-27-23(26)24(14-13-17-5-3-2-4-6-17)16-21(25)20-12-11-19(15-22(20)28-24)10-9-18-7-8-18/h2-6,11-12,15,18H,7-8,16H2,1H3/t24-/m0/s1. The first kappa shape index (κ1) is 17.9. The van der Waals surface area contributed by atoms with E-state index < -0.39 is 11.6 Å². The quantitative estimate of drug-likeness (QED) is 0.570. The van der Waals surface area contributed by atoms with Crippen molar-refractivity contribution in [1.29, 1.82) is 0 Å². The van der Waals surface area contributed by atoms with Crippen molar-refractivity contribution in [1.82, 2.24) is 0 Å². The average Bonchev–Trinajstić information content (AvgIpc) is 3.55. The summed E-state index contributed by atoms with van der Waals surface area (Å²) in [6.45, 7) is 0. The van der Waals surface area contributed by atoms with Gasteiger partial charge in [0.2, 0.25) is 0 Å². The number of ketones is 1. The van der Waals surface area contributed by atoms with Crippen LogP contribution in [0.25, 0.3) is 0 Å². The van der Waals surface area contributed by atoms with E-state index in [0.29, 0.717) is 17.2 Å². The third-order valence-electron chi connectivity index (χ3n) is 4.67. The zero-order chi connectivity index (χ0) is 19.6. The highest BCUT2D eigenvalue weighted by Gasteiger charge is 2.47. The third kappa shape index (κ3) is 3.63. The van der Waals surface area contributed by atoms with E-state index in [1.807, 2.05) is 30.3 Å². The maximum atomic E-state index is 12.7. The van der Waals surface area contributed by atoms with E-state index in [1.165, 1.54) is 7.11 Å². The minimum atomic E-state index is -1.67. The van der Waals surface area contributed by atoms with Gasteiger partial charge in [0.05, 0.1) is 19.1 Å². The van der Waals surface area contributed by atoms with Crippen molar-refractivity contribution in [2.75, 3.05) is 7.11 Å². The number of hydrogen-bond donors (Lipinski definition) is 0. The number of ether oxygens (including phenoxy) is 2. The van der Waals surface area contributed by atoms with Gasteiger partial charge in [0, 0.05) is 17.0 Å². The van der Waals surface area contributed by atoms with Gasteiger partial charge < -0.3 is 9.47 Å². The van der Waals surface area contributed by atoms with Crippen molar-refractivity contribution < 1.29 is 19.1 Å². The van der Waals surface area contributed by atoms with E-state index in [1.54, 1.807) is 18.2 Å². The van der Waals surface area contributed by atoms with Gasteiger partial charge in [0.15, 0.2) is 5.78 Å². The van der Waals surface area contributed by atoms with Crippen LogP contribution in [0.2, 0.25) is 0 Å². The van der Waals surface area contributed by atoms with Crippen molar-refractivity contribution in [3.63, 3.8) is 0 Å². The maximum absolute atomic E-state index is 12.7. The second-order valence-corrected chi connectivity index (χ2v) is 6.89. The molecule has 1 aliphatic heterocycles. The van der Waals surface area contributed by atoms with E-state index in [4.69, 9.17) is 9.47 Å². The largest absolute Gasteiger partial charge is 0.465 e. The van der Waals surface area contributed by atoms with Gasteiger partial charge in [-0.15, -0.1) is 0 Å². The van der Waals surface area contributed by atoms with Crippen LogP contribution in [-0.2, 0) is 9.53 Å². The topological polar surface area (TPSA) is 52.6 Å². The molecule has 4 nitrogen and oxygen atoms in total. The molecule has 1 aliphatic carbocycles. The normalized spacial score (nSPS) is 19.8. The summed E-state index contributed by atoms with van der Waals surface area (Å²) in [6.07, 6.45) is 2.07. The van der Waals surface area contributed by atoms with Gasteiger partial charge in [-0.1, -0.05) is 36.0 Å². The molecule has 0 N–H and O–H groups in total. The average molecular weight is 370 g/mol. The Morgan fingerprint density at radius 2 is 1.89 bits per heavy atom. The molecule has 1 heterocycles. The van der Waals surface area contributed by atoms with Crippen LogP contribution in [-0.4, -0.2) is 24.5 Å². The summed E-state index contributed by atoms with van der Waals surface area (Å²) in [4.78, 5) is 25.3. The van der Waals surface area contributed by atoms with Crippen LogP contribution in [0, 0.1) is 29.6 Å². The fourth-order valence-corrected chi connectivity index (χ4v) is 2.97. The van der Waals surface area contributed by atoms with E-state index >= 15 is 0 Å². The lowest BCUT2D eigenvalue weighted by atomic mass is 9.89. The van der Waals surface area contributed by atoms with Gasteiger partial charge in [0.1, 0.15) is 5.75 Å². The Bertz CT molecular complexity index is 1060. The Morgan fingerprint density at radius 3 is 2.61 bits per heavy atom. The van der Waals surface area contributed by atoms with Crippen LogP contribution in [0.1, 0.15) is 40.7 Å². The molecule has 0 aromatic heterocycles. The van der Waals surface area contributed by atoms with Gasteiger partial charge in [-0.2, -0.15) is 0 Å². The molecule has 0 bridgehead atoms. The first-order chi connectivity index (χ1) is 13.6. The molecule has 4 rings (SSSR count). The second-order valence-electron chi connectivity index (χ2n) is 6.89. The Morgan fingerprint density at radius 1 is 1.11 bits per heavy atom. The number of hydrogen-bond acceptors (Lipinski definition) is 4. The van der Waals surface area contributed by atoms with Gasteiger partial charge in [0.25, 0.3) is 5.60 Å². The number of esters is 1. The summed E-state index contributed by atoms with van der Waals surface area (Å²) < 4.78 is 10.9. The Kier molecular flexibility index (Phi) is 4.63. The zero-order valence-corrected chi connectivity index (χ0v) is 15.5. The van der Waals surface area contributed by atoms with Crippen LogP contribution in [0.3, 0.4) is 0 Å². The lowest BCUT2D eigenvalue weighted by Gasteiger charge is -2.31. The molecule has 0 amide bonds.